The molecule has 0 heterocycles. The van der Waals surface area contributed by atoms with E-state index in [9.17, 15) is 14.5 Å². The van der Waals surface area contributed by atoms with Gasteiger partial charge in [0.05, 0.1) is 17.4 Å². The quantitative estimate of drug-likeness (QED) is 0.595. The SMILES string of the molecule is CC(CC#N)N(C)c1cc(F)ccc1[N+](=O)[O-]. The number of halogens is 1. The maximum Gasteiger partial charge on any atom is 0.292 e. The minimum atomic E-state index is -0.565. The minimum absolute atomic E-state index is 0.168. The van der Waals surface area contributed by atoms with E-state index in [1.54, 1.807) is 14.0 Å². The summed E-state index contributed by atoms with van der Waals surface area (Å²) in [5.41, 5.74) is 0.0106. The number of nitro benzene ring substituents is 1. The number of nitro groups is 1. The van der Waals surface area contributed by atoms with Gasteiger partial charge in [0.15, 0.2) is 0 Å². The van der Waals surface area contributed by atoms with Gasteiger partial charge in [-0.2, -0.15) is 5.26 Å². The van der Waals surface area contributed by atoms with Gasteiger partial charge in [-0.05, 0) is 13.0 Å². The zero-order valence-electron chi connectivity index (χ0n) is 9.55. The smallest absolute Gasteiger partial charge is 0.292 e. The van der Waals surface area contributed by atoms with E-state index in [0.29, 0.717) is 0 Å². The van der Waals surface area contributed by atoms with Crippen LogP contribution in [0.1, 0.15) is 13.3 Å². The highest BCUT2D eigenvalue weighted by atomic mass is 19.1. The molecule has 1 aromatic carbocycles. The van der Waals surface area contributed by atoms with Crippen LogP contribution in [0.3, 0.4) is 0 Å². The lowest BCUT2D eigenvalue weighted by Gasteiger charge is -2.24. The molecule has 0 saturated carbocycles. The number of nitrogens with zero attached hydrogens (tertiary/aromatic N) is 3. The standard InChI is InChI=1S/C11H12FN3O2/c1-8(5-6-13)14(2)11-7-9(12)3-4-10(11)15(16)17/h3-4,7-8H,5H2,1-2H3. The first kappa shape index (κ1) is 12.9. The molecule has 0 aliphatic heterocycles. The molecular weight excluding hydrogens is 225 g/mol. The van der Waals surface area contributed by atoms with E-state index in [4.69, 9.17) is 5.26 Å². The van der Waals surface area contributed by atoms with E-state index in [-0.39, 0.29) is 23.8 Å². The van der Waals surface area contributed by atoms with Crippen molar-refractivity contribution in [2.24, 2.45) is 0 Å². The summed E-state index contributed by atoms with van der Waals surface area (Å²) in [6.07, 6.45) is 0.212. The largest absolute Gasteiger partial charge is 0.365 e. The van der Waals surface area contributed by atoms with Crippen molar-refractivity contribution >= 4 is 11.4 Å². The molecule has 5 nitrogen and oxygen atoms in total. The van der Waals surface area contributed by atoms with E-state index in [1.807, 2.05) is 6.07 Å². The molecule has 0 saturated heterocycles. The van der Waals surface area contributed by atoms with Crippen LogP contribution in [0.2, 0.25) is 0 Å². The highest BCUT2D eigenvalue weighted by Gasteiger charge is 2.20. The summed E-state index contributed by atoms with van der Waals surface area (Å²) >= 11 is 0. The van der Waals surface area contributed by atoms with Crippen molar-refractivity contribution in [2.75, 3.05) is 11.9 Å². The molecule has 0 bridgehead atoms. The van der Waals surface area contributed by atoms with Crippen molar-refractivity contribution in [2.45, 2.75) is 19.4 Å². The lowest BCUT2D eigenvalue weighted by molar-refractivity contribution is -0.384. The van der Waals surface area contributed by atoms with Crippen molar-refractivity contribution < 1.29 is 9.31 Å². The maximum absolute atomic E-state index is 13.1. The highest BCUT2D eigenvalue weighted by Crippen LogP contribution is 2.29. The van der Waals surface area contributed by atoms with Gasteiger partial charge in [0, 0.05) is 25.2 Å². The van der Waals surface area contributed by atoms with Gasteiger partial charge in [-0.25, -0.2) is 4.39 Å². The lowest BCUT2D eigenvalue weighted by Crippen LogP contribution is -2.29. The van der Waals surface area contributed by atoms with Crippen LogP contribution in [0.15, 0.2) is 18.2 Å². The Morgan fingerprint density at radius 3 is 2.82 bits per heavy atom. The molecule has 0 aromatic heterocycles. The van der Waals surface area contributed by atoms with Crippen LogP contribution in [0.25, 0.3) is 0 Å². The third-order valence-electron chi connectivity index (χ3n) is 2.56. The van der Waals surface area contributed by atoms with Crippen LogP contribution in [-0.2, 0) is 0 Å². The third kappa shape index (κ3) is 2.91. The predicted octanol–water partition coefficient (Wildman–Crippen LogP) is 2.47. The van der Waals surface area contributed by atoms with Gasteiger partial charge in [0.1, 0.15) is 11.5 Å². The average Bonchev–Trinajstić information content (AvgIpc) is 2.27. The summed E-state index contributed by atoms with van der Waals surface area (Å²) in [7, 11) is 1.60. The first-order valence-electron chi connectivity index (χ1n) is 5.01. The molecule has 17 heavy (non-hydrogen) atoms. The minimum Gasteiger partial charge on any atom is -0.365 e. The average molecular weight is 237 g/mol. The molecule has 0 fully saturated rings. The van der Waals surface area contributed by atoms with Crippen molar-refractivity contribution in [1.82, 2.24) is 0 Å². The van der Waals surface area contributed by atoms with Gasteiger partial charge in [-0.1, -0.05) is 0 Å². The van der Waals surface area contributed by atoms with E-state index in [2.05, 4.69) is 0 Å². The molecule has 0 radical (unpaired) electrons. The second-order valence-electron chi connectivity index (χ2n) is 3.71. The van der Waals surface area contributed by atoms with Crippen molar-refractivity contribution in [3.8, 4) is 6.07 Å². The Bertz CT molecular complexity index is 470. The molecule has 1 aromatic rings. The molecule has 1 rings (SSSR count). The van der Waals surface area contributed by atoms with Gasteiger partial charge in [0.2, 0.25) is 0 Å². The van der Waals surface area contributed by atoms with Crippen LogP contribution < -0.4 is 4.90 Å². The second-order valence-corrected chi connectivity index (χ2v) is 3.71. The summed E-state index contributed by atoms with van der Waals surface area (Å²) in [5, 5.41) is 19.4. The first-order chi connectivity index (χ1) is 7.97. The fourth-order valence-corrected chi connectivity index (χ4v) is 1.44. The van der Waals surface area contributed by atoms with Crippen LogP contribution >= 0.6 is 0 Å². The summed E-state index contributed by atoms with van der Waals surface area (Å²) in [5.74, 6) is -0.540. The van der Waals surface area contributed by atoms with Crippen molar-refractivity contribution in [3.63, 3.8) is 0 Å². The third-order valence-corrected chi connectivity index (χ3v) is 2.56. The Labute approximate surface area is 98.2 Å². The Hall–Kier alpha value is -2.16. The van der Waals surface area contributed by atoms with Crippen LogP contribution in [-0.4, -0.2) is 18.0 Å². The zero-order valence-corrected chi connectivity index (χ0v) is 9.55. The van der Waals surface area contributed by atoms with E-state index in [0.717, 1.165) is 18.2 Å². The van der Waals surface area contributed by atoms with Crippen molar-refractivity contribution in [3.05, 3.63) is 34.1 Å². The summed E-state index contributed by atoms with van der Waals surface area (Å²) in [6.45, 7) is 1.75. The molecule has 0 spiro atoms. The maximum atomic E-state index is 13.1. The molecule has 0 aliphatic rings. The highest BCUT2D eigenvalue weighted by molar-refractivity contribution is 5.63. The normalized spacial score (nSPS) is 11.6. The summed E-state index contributed by atoms with van der Waals surface area (Å²) < 4.78 is 13.1. The van der Waals surface area contributed by atoms with Crippen molar-refractivity contribution in [1.29, 1.82) is 5.26 Å². The number of rotatable bonds is 4. The predicted molar refractivity (Wildman–Crippen MR) is 61.1 cm³/mol. The zero-order chi connectivity index (χ0) is 13.0. The van der Waals surface area contributed by atoms with E-state index < -0.39 is 10.7 Å². The first-order valence-corrected chi connectivity index (χ1v) is 5.01. The summed E-state index contributed by atoms with van der Waals surface area (Å²) in [6, 6.07) is 5.03. The van der Waals surface area contributed by atoms with Gasteiger partial charge in [0.25, 0.3) is 5.69 Å². The Morgan fingerprint density at radius 2 is 2.29 bits per heavy atom. The Balaban J connectivity index is 3.15. The number of hydrogen-bond donors (Lipinski definition) is 0. The number of hydrogen-bond acceptors (Lipinski definition) is 4. The molecule has 0 aliphatic carbocycles. The number of nitriles is 1. The molecule has 1 atom stereocenters. The van der Waals surface area contributed by atoms with E-state index >= 15 is 0 Å². The van der Waals surface area contributed by atoms with Crippen LogP contribution in [0, 0.1) is 27.3 Å². The molecule has 1 unspecified atom stereocenters. The monoisotopic (exact) mass is 237 g/mol. The van der Waals surface area contributed by atoms with E-state index in [1.165, 1.54) is 4.90 Å². The Kier molecular flexibility index (Phi) is 3.99. The van der Waals surface area contributed by atoms with Gasteiger partial charge >= 0.3 is 0 Å². The number of anilines is 1. The summed E-state index contributed by atoms with van der Waals surface area (Å²) in [4.78, 5) is 11.8. The lowest BCUT2D eigenvalue weighted by atomic mass is 10.1. The second kappa shape index (κ2) is 5.25. The molecule has 6 heteroatoms. The van der Waals surface area contributed by atoms with Gasteiger partial charge in [-0.15, -0.1) is 0 Å². The fourth-order valence-electron chi connectivity index (χ4n) is 1.44. The molecule has 0 amide bonds. The van der Waals surface area contributed by atoms with Gasteiger partial charge < -0.3 is 4.90 Å². The van der Waals surface area contributed by atoms with Crippen LogP contribution in [0.4, 0.5) is 15.8 Å². The molecular formula is C11H12FN3O2. The Morgan fingerprint density at radius 1 is 1.65 bits per heavy atom. The molecule has 90 valence electrons. The molecule has 0 N–H and O–H groups in total. The number of benzene rings is 1. The fraction of sp³-hybridized carbons (Fsp3) is 0.364. The van der Waals surface area contributed by atoms with Crippen LogP contribution in [0.5, 0.6) is 0 Å². The van der Waals surface area contributed by atoms with Gasteiger partial charge in [-0.3, -0.25) is 10.1 Å². The topological polar surface area (TPSA) is 70.2 Å².